The summed E-state index contributed by atoms with van der Waals surface area (Å²) in [5.41, 5.74) is 0.833. The number of halogens is 1. The number of nitrogens with one attached hydrogen (secondary N) is 1. The van der Waals surface area contributed by atoms with Crippen LogP contribution in [0.2, 0.25) is 0 Å². The van der Waals surface area contributed by atoms with Crippen LogP contribution in [0.5, 0.6) is 0 Å². The second kappa shape index (κ2) is 8.19. The Balaban J connectivity index is 1.82. The smallest absolute Gasteiger partial charge is 0.277 e. The van der Waals surface area contributed by atoms with Crippen LogP contribution in [0.15, 0.2) is 53.1 Å². The second-order valence-corrected chi connectivity index (χ2v) is 7.07. The maximum absolute atomic E-state index is 12.5. The third-order valence-corrected chi connectivity index (χ3v) is 4.58. The topological polar surface area (TPSA) is 133 Å². The van der Waals surface area contributed by atoms with Gasteiger partial charge in [0.1, 0.15) is 0 Å². The van der Waals surface area contributed by atoms with Crippen molar-refractivity contribution in [2.45, 2.75) is 13.5 Å². The van der Waals surface area contributed by atoms with Crippen LogP contribution in [0.4, 0.5) is 17.2 Å². The number of rotatable bonds is 6. The summed E-state index contributed by atoms with van der Waals surface area (Å²) in [5.74, 6) is -0.561. The van der Waals surface area contributed by atoms with Crippen molar-refractivity contribution in [3.05, 3.63) is 90.1 Å². The summed E-state index contributed by atoms with van der Waals surface area (Å²) in [6.07, 6.45) is 1.67. The zero-order valence-electron chi connectivity index (χ0n) is 15.0. The minimum absolute atomic E-state index is 0.191. The first kappa shape index (κ1) is 20.1. The Morgan fingerprint density at radius 1 is 1.10 bits per heavy atom. The largest absolute Gasteiger partial charge is 0.304 e. The number of amides is 1. The molecular formula is C18H14BrN5O5. The fraction of sp³-hybridized carbons (Fsp3) is 0.111. The number of carbonyl (C=O) groups is 1. The molecule has 29 heavy (non-hydrogen) atoms. The first-order valence-electron chi connectivity index (χ1n) is 8.26. The van der Waals surface area contributed by atoms with Gasteiger partial charge in [-0.15, -0.1) is 0 Å². The minimum Gasteiger partial charge on any atom is -0.304 e. The number of nitrogens with zero attached hydrogens (tertiary/aromatic N) is 4. The van der Waals surface area contributed by atoms with Crippen molar-refractivity contribution in [2.24, 2.45) is 0 Å². The number of hydrogen-bond donors (Lipinski definition) is 1. The number of aryl methyl sites for hydroxylation is 1. The zero-order valence-corrected chi connectivity index (χ0v) is 16.6. The fourth-order valence-corrected chi connectivity index (χ4v) is 2.97. The highest BCUT2D eigenvalue weighted by molar-refractivity contribution is 9.10. The number of benzene rings is 2. The van der Waals surface area contributed by atoms with Crippen LogP contribution in [0, 0.1) is 27.2 Å². The van der Waals surface area contributed by atoms with E-state index in [9.17, 15) is 25.0 Å². The summed E-state index contributed by atoms with van der Waals surface area (Å²) >= 11 is 3.30. The SMILES string of the molecule is Cc1ccc(Cn2cc(Br)c(NC(=O)c3cc([N+](=O)[O-])cc([N+](=O)[O-])c3)n2)cc1. The maximum Gasteiger partial charge on any atom is 0.277 e. The fourth-order valence-electron chi connectivity index (χ4n) is 2.56. The Morgan fingerprint density at radius 2 is 1.69 bits per heavy atom. The third-order valence-electron chi connectivity index (χ3n) is 4.00. The van der Waals surface area contributed by atoms with Gasteiger partial charge in [-0.25, -0.2) is 0 Å². The van der Waals surface area contributed by atoms with E-state index in [2.05, 4.69) is 26.3 Å². The predicted molar refractivity (Wildman–Crippen MR) is 108 cm³/mol. The van der Waals surface area contributed by atoms with Crippen molar-refractivity contribution >= 4 is 39.0 Å². The van der Waals surface area contributed by atoms with E-state index in [-0.39, 0.29) is 11.4 Å². The molecule has 0 aliphatic rings. The second-order valence-electron chi connectivity index (χ2n) is 6.22. The van der Waals surface area contributed by atoms with Crippen LogP contribution in [0.1, 0.15) is 21.5 Å². The zero-order chi connectivity index (χ0) is 21.1. The van der Waals surface area contributed by atoms with Crippen molar-refractivity contribution in [3.8, 4) is 0 Å². The van der Waals surface area contributed by atoms with E-state index in [1.165, 1.54) is 0 Å². The number of non-ortho nitro benzene ring substituents is 2. The van der Waals surface area contributed by atoms with Gasteiger partial charge >= 0.3 is 0 Å². The van der Waals surface area contributed by atoms with E-state index in [0.29, 0.717) is 11.0 Å². The van der Waals surface area contributed by atoms with Gasteiger partial charge < -0.3 is 5.32 Å². The molecule has 1 aromatic heterocycles. The van der Waals surface area contributed by atoms with Gasteiger partial charge in [-0.05, 0) is 28.4 Å². The number of carbonyl (C=O) groups excluding carboxylic acids is 1. The Bertz CT molecular complexity index is 1080. The van der Waals surface area contributed by atoms with E-state index in [1.807, 2.05) is 31.2 Å². The van der Waals surface area contributed by atoms with Crippen LogP contribution >= 0.6 is 15.9 Å². The molecule has 0 unspecified atom stereocenters. The maximum atomic E-state index is 12.5. The molecule has 0 saturated carbocycles. The lowest BCUT2D eigenvalue weighted by Crippen LogP contribution is -2.14. The van der Waals surface area contributed by atoms with E-state index in [0.717, 1.165) is 29.3 Å². The lowest BCUT2D eigenvalue weighted by molar-refractivity contribution is -0.394. The van der Waals surface area contributed by atoms with E-state index < -0.39 is 27.1 Å². The molecule has 3 rings (SSSR count). The Morgan fingerprint density at radius 3 is 2.24 bits per heavy atom. The van der Waals surface area contributed by atoms with Crippen LogP contribution in [-0.2, 0) is 6.54 Å². The molecule has 1 amide bonds. The molecule has 0 bridgehead atoms. The summed E-state index contributed by atoms with van der Waals surface area (Å²) in [5, 5.41) is 28.8. The van der Waals surface area contributed by atoms with Gasteiger partial charge in [0.25, 0.3) is 17.3 Å². The van der Waals surface area contributed by atoms with Gasteiger partial charge in [0.05, 0.1) is 32.5 Å². The van der Waals surface area contributed by atoms with Crippen molar-refractivity contribution < 1.29 is 14.6 Å². The monoisotopic (exact) mass is 459 g/mol. The highest BCUT2D eigenvalue weighted by atomic mass is 79.9. The van der Waals surface area contributed by atoms with E-state index in [1.54, 1.807) is 10.9 Å². The number of nitro benzene ring substituents is 2. The molecular weight excluding hydrogens is 446 g/mol. The summed E-state index contributed by atoms with van der Waals surface area (Å²) in [6.45, 7) is 2.46. The van der Waals surface area contributed by atoms with E-state index in [4.69, 9.17) is 0 Å². The van der Waals surface area contributed by atoms with Gasteiger partial charge in [0, 0.05) is 18.3 Å². The average Bonchev–Trinajstić information content (AvgIpc) is 3.02. The lowest BCUT2D eigenvalue weighted by Gasteiger charge is -2.04. The molecule has 1 heterocycles. The average molecular weight is 460 g/mol. The normalized spacial score (nSPS) is 10.6. The summed E-state index contributed by atoms with van der Waals surface area (Å²) in [6, 6.07) is 10.6. The van der Waals surface area contributed by atoms with Gasteiger partial charge in [-0.2, -0.15) is 5.10 Å². The highest BCUT2D eigenvalue weighted by Gasteiger charge is 2.21. The van der Waals surface area contributed by atoms with Crippen molar-refractivity contribution in [1.29, 1.82) is 0 Å². The molecule has 0 aliphatic carbocycles. The first-order chi connectivity index (χ1) is 13.7. The first-order valence-corrected chi connectivity index (χ1v) is 9.06. The van der Waals surface area contributed by atoms with Crippen molar-refractivity contribution in [2.75, 3.05) is 5.32 Å². The molecule has 148 valence electrons. The van der Waals surface area contributed by atoms with Gasteiger partial charge in [0.15, 0.2) is 5.82 Å². The third kappa shape index (κ3) is 4.82. The molecule has 0 atom stereocenters. The summed E-state index contributed by atoms with van der Waals surface area (Å²) in [7, 11) is 0. The minimum atomic E-state index is -0.796. The molecule has 10 nitrogen and oxygen atoms in total. The van der Waals surface area contributed by atoms with Crippen LogP contribution in [0.25, 0.3) is 0 Å². The van der Waals surface area contributed by atoms with Gasteiger partial charge in [0.2, 0.25) is 0 Å². The number of hydrogen-bond acceptors (Lipinski definition) is 6. The number of anilines is 1. The van der Waals surface area contributed by atoms with E-state index >= 15 is 0 Å². The summed E-state index contributed by atoms with van der Waals surface area (Å²) < 4.78 is 2.11. The Labute approximate surface area is 172 Å². The molecule has 1 N–H and O–H groups in total. The molecule has 0 fully saturated rings. The lowest BCUT2D eigenvalue weighted by atomic mass is 10.1. The predicted octanol–water partition coefficient (Wildman–Crippen LogP) is 4.07. The number of aromatic nitrogens is 2. The van der Waals surface area contributed by atoms with Gasteiger partial charge in [-0.3, -0.25) is 29.7 Å². The van der Waals surface area contributed by atoms with Crippen LogP contribution < -0.4 is 5.32 Å². The molecule has 0 spiro atoms. The van der Waals surface area contributed by atoms with Crippen molar-refractivity contribution in [1.82, 2.24) is 9.78 Å². The standard InChI is InChI=1S/C18H14BrN5O5/c1-11-2-4-12(5-3-11)9-22-10-16(19)17(21-22)20-18(25)13-6-14(23(26)27)8-15(7-13)24(28)29/h2-8,10H,9H2,1H3,(H,20,21,25). The van der Waals surface area contributed by atoms with Crippen molar-refractivity contribution in [3.63, 3.8) is 0 Å². The quantitative estimate of drug-likeness (QED) is 0.436. The van der Waals surface area contributed by atoms with Crippen LogP contribution in [0.3, 0.4) is 0 Å². The Hall–Kier alpha value is -3.60. The van der Waals surface area contributed by atoms with Crippen LogP contribution in [-0.4, -0.2) is 25.5 Å². The van der Waals surface area contributed by atoms with Gasteiger partial charge in [-0.1, -0.05) is 29.8 Å². The number of nitro groups is 2. The molecule has 3 aromatic rings. The summed E-state index contributed by atoms with van der Waals surface area (Å²) in [4.78, 5) is 32.9. The molecule has 0 radical (unpaired) electrons. The Kier molecular flexibility index (Phi) is 5.69. The molecule has 2 aromatic carbocycles. The highest BCUT2D eigenvalue weighted by Crippen LogP contribution is 2.25. The molecule has 0 aliphatic heterocycles. The molecule has 11 heteroatoms. The molecule has 0 saturated heterocycles.